The fraction of sp³-hybridized carbons (Fsp3) is 0.500. The van der Waals surface area contributed by atoms with E-state index in [-0.39, 0.29) is 0 Å². The van der Waals surface area contributed by atoms with Crippen LogP contribution in [0.3, 0.4) is 0 Å². The predicted molar refractivity (Wildman–Crippen MR) is 58.2 cm³/mol. The summed E-state index contributed by atoms with van der Waals surface area (Å²) >= 11 is 0. The SMILES string of the molecule is CC(C)CNCc1nc2ncncc2[nH]1. The molecule has 2 heterocycles. The van der Waals surface area contributed by atoms with Gasteiger partial charge in [-0.3, -0.25) is 0 Å². The molecule has 0 spiro atoms. The number of aromatic nitrogens is 4. The second kappa shape index (κ2) is 4.35. The molecule has 2 aromatic heterocycles. The van der Waals surface area contributed by atoms with Gasteiger partial charge in [0.2, 0.25) is 0 Å². The Hall–Kier alpha value is -1.49. The highest BCUT2D eigenvalue weighted by Gasteiger charge is 2.02. The number of aromatic amines is 1. The van der Waals surface area contributed by atoms with Gasteiger partial charge in [-0.2, -0.15) is 0 Å². The van der Waals surface area contributed by atoms with E-state index in [0.717, 1.165) is 30.1 Å². The average molecular weight is 205 g/mol. The molecule has 0 bridgehead atoms. The quantitative estimate of drug-likeness (QED) is 0.784. The molecule has 15 heavy (non-hydrogen) atoms. The lowest BCUT2D eigenvalue weighted by Gasteiger charge is -2.04. The highest BCUT2D eigenvalue weighted by Crippen LogP contribution is 2.05. The zero-order valence-electron chi connectivity index (χ0n) is 8.99. The van der Waals surface area contributed by atoms with Gasteiger partial charge in [0, 0.05) is 0 Å². The molecule has 0 amide bonds. The Bertz CT molecular complexity index is 401. The Morgan fingerprint density at radius 1 is 1.47 bits per heavy atom. The first-order valence-electron chi connectivity index (χ1n) is 5.11. The monoisotopic (exact) mass is 205 g/mol. The van der Waals surface area contributed by atoms with E-state index in [4.69, 9.17) is 0 Å². The zero-order valence-corrected chi connectivity index (χ0v) is 8.99. The molecule has 0 aliphatic carbocycles. The van der Waals surface area contributed by atoms with Crippen molar-refractivity contribution in [3.8, 4) is 0 Å². The van der Waals surface area contributed by atoms with Crippen molar-refractivity contribution in [2.75, 3.05) is 6.54 Å². The van der Waals surface area contributed by atoms with Crippen LogP contribution in [0, 0.1) is 5.92 Å². The third kappa shape index (κ3) is 2.50. The van der Waals surface area contributed by atoms with Gasteiger partial charge in [-0.25, -0.2) is 15.0 Å². The van der Waals surface area contributed by atoms with E-state index >= 15 is 0 Å². The molecule has 0 aromatic carbocycles. The molecule has 80 valence electrons. The van der Waals surface area contributed by atoms with E-state index in [9.17, 15) is 0 Å². The first-order chi connectivity index (χ1) is 7.25. The number of fused-ring (bicyclic) bond motifs is 1. The summed E-state index contributed by atoms with van der Waals surface area (Å²) in [5.74, 6) is 1.56. The van der Waals surface area contributed by atoms with E-state index in [1.54, 1.807) is 6.20 Å². The molecule has 2 aromatic rings. The maximum absolute atomic E-state index is 4.34. The topological polar surface area (TPSA) is 66.5 Å². The molecule has 0 atom stereocenters. The van der Waals surface area contributed by atoms with Gasteiger partial charge >= 0.3 is 0 Å². The van der Waals surface area contributed by atoms with Gasteiger partial charge in [-0.1, -0.05) is 13.8 Å². The molecule has 0 radical (unpaired) electrons. The summed E-state index contributed by atoms with van der Waals surface area (Å²) in [7, 11) is 0. The molecule has 0 saturated carbocycles. The summed E-state index contributed by atoms with van der Waals surface area (Å²) in [6.45, 7) is 6.09. The molecular formula is C10H15N5. The lowest BCUT2D eigenvalue weighted by molar-refractivity contribution is 0.545. The molecule has 5 heteroatoms. The standard InChI is InChI=1S/C10H15N5/c1-7(2)3-11-5-9-14-8-4-12-6-13-10(8)15-9/h4,6-7,11H,3,5H2,1-2H3,(H,12,13,14,15). The van der Waals surface area contributed by atoms with Crippen molar-refractivity contribution in [3.05, 3.63) is 18.3 Å². The van der Waals surface area contributed by atoms with Gasteiger partial charge in [-0.15, -0.1) is 0 Å². The van der Waals surface area contributed by atoms with Gasteiger partial charge in [0.25, 0.3) is 0 Å². The Labute approximate surface area is 88.4 Å². The normalized spacial score (nSPS) is 11.4. The molecule has 0 unspecified atom stereocenters. The van der Waals surface area contributed by atoms with Gasteiger partial charge in [-0.05, 0) is 12.5 Å². The number of H-pyrrole nitrogens is 1. The van der Waals surface area contributed by atoms with Crippen LogP contribution in [0.5, 0.6) is 0 Å². The Morgan fingerprint density at radius 3 is 3.07 bits per heavy atom. The summed E-state index contributed by atoms with van der Waals surface area (Å²) in [6.07, 6.45) is 3.25. The number of nitrogens with one attached hydrogen (secondary N) is 2. The number of hydrogen-bond acceptors (Lipinski definition) is 4. The van der Waals surface area contributed by atoms with Gasteiger partial charge in [0.15, 0.2) is 5.65 Å². The van der Waals surface area contributed by atoms with Crippen LogP contribution in [0.25, 0.3) is 11.2 Å². The molecular weight excluding hydrogens is 190 g/mol. The van der Waals surface area contributed by atoms with Crippen molar-refractivity contribution in [1.82, 2.24) is 25.3 Å². The van der Waals surface area contributed by atoms with E-state index < -0.39 is 0 Å². The Balaban J connectivity index is 2.03. The van der Waals surface area contributed by atoms with Crippen LogP contribution >= 0.6 is 0 Å². The minimum atomic E-state index is 0.647. The van der Waals surface area contributed by atoms with Gasteiger partial charge in [0.1, 0.15) is 17.7 Å². The fourth-order valence-electron chi connectivity index (χ4n) is 1.37. The highest BCUT2D eigenvalue weighted by atomic mass is 15.0. The molecule has 2 rings (SSSR count). The van der Waals surface area contributed by atoms with Crippen molar-refractivity contribution < 1.29 is 0 Å². The molecule has 5 nitrogen and oxygen atoms in total. The highest BCUT2D eigenvalue weighted by molar-refractivity contribution is 5.68. The van der Waals surface area contributed by atoms with Crippen LogP contribution < -0.4 is 5.32 Å². The first-order valence-corrected chi connectivity index (χ1v) is 5.11. The Kier molecular flexibility index (Phi) is 2.91. The summed E-state index contributed by atoms with van der Waals surface area (Å²) in [6, 6.07) is 0. The number of imidazole rings is 1. The van der Waals surface area contributed by atoms with Gasteiger partial charge in [0.05, 0.1) is 12.7 Å². The van der Waals surface area contributed by atoms with E-state index in [1.165, 1.54) is 6.33 Å². The number of hydrogen-bond donors (Lipinski definition) is 2. The van der Waals surface area contributed by atoms with Crippen molar-refractivity contribution in [3.63, 3.8) is 0 Å². The maximum atomic E-state index is 4.34. The summed E-state index contributed by atoms with van der Waals surface area (Å²) in [4.78, 5) is 15.5. The second-order valence-electron chi connectivity index (χ2n) is 3.97. The zero-order chi connectivity index (χ0) is 10.7. The van der Waals surface area contributed by atoms with E-state index in [1.807, 2.05) is 0 Å². The van der Waals surface area contributed by atoms with Crippen molar-refractivity contribution in [2.45, 2.75) is 20.4 Å². The van der Waals surface area contributed by atoms with Crippen LogP contribution in [0.4, 0.5) is 0 Å². The summed E-state index contributed by atoms with van der Waals surface area (Å²) < 4.78 is 0. The largest absolute Gasteiger partial charge is 0.338 e. The van der Waals surface area contributed by atoms with E-state index in [2.05, 4.69) is 39.1 Å². The molecule has 2 N–H and O–H groups in total. The van der Waals surface area contributed by atoms with Crippen molar-refractivity contribution in [2.24, 2.45) is 5.92 Å². The predicted octanol–water partition coefficient (Wildman–Crippen LogP) is 1.10. The van der Waals surface area contributed by atoms with Crippen LogP contribution in [-0.2, 0) is 6.54 Å². The van der Waals surface area contributed by atoms with Crippen LogP contribution in [0.2, 0.25) is 0 Å². The van der Waals surface area contributed by atoms with Crippen LogP contribution in [0.15, 0.2) is 12.5 Å². The molecule has 0 aliphatic rings. The minimum absolute atomic E-state index is 0.647. The third-order valence-electron chi connectivity index (χ3n) is 2.06. The smallest absolute Gasteiger partial charge is 0.180 e. The van der Waals surface area contributed by atoms with Crippen molar-refractivity contribution >= 4 is 11.2 Å². The Morgan fingerprint density at radius 2 is 2.33 bits per heavy atom. The average Bonchev–Trinajstić information content (AvgIpc) is 2.59. The summed E-state index contributed by atoms with van der Waals surface area (Å²) in [5.41, 5.74) is 1.62. The van der Waals surface area contributed by atoms with E-state index in [0.29, 0.717) is 5.92 Å². The number of nitrogens with zero attached hydrogens (tertiary/aromatic N) is 3. The third-order valence-corrected chi connectivity index (χ3v) is 2.06. The fourth-order valence-corrected chi connectivity index (χ4v) is 1.37. The lowest BCUT2D eigenvalue weighted by Crippen LogP contribution is -2.19. The lowest BCUT2D eigenvalue weighted by atomic mass is 10.2. The minimum Gasteiger partial charge on any atom is -0.338 e. The van der Waals surface area contributed by atoms with Gasteiger partial charge < -0.3 is 10.3 Å². The maximum Gasteiger partial charge on any atom is 0.180 e. The van der Waals surface area contributed by atoms with Crippen LogP contribution in [0.1, 0.15) is 19.7 Å². The first kappa shape index (κ1) is 10.0. The molecule has 0 fully saturated rings. The number of rotatable bonds is 4. The van der Waals surface area contributed by atoms with Crippen molar-refractivity contribution in [1.29, 1.82) is 0 Å². The van der Waals surface area contributed by atoms with Crippen LogP contribution in [-0.4, -0.2) is 26.5 Å². The summed E-state index contributed by atoms with van der Waals surface area (Å²) in [5, 5.41) is 3.32. The molecule has 0 saturated heterocycles. The molecule has 0 aliphatic heterocycles. The second-order valence-corrected chi connectivity index (χ2v) is 3.97.